The first-order valence-corrected chi connectivity index (χ1v) is 6.29. The van der Waals surface area contributed by atoms with E-state index >= 15 is 0 Å². The molecule has 0 aromatic heterocycles. The fraction of sp³-hybridized carbons (Fsp3) is 0.533. The number of Topliss-reactive ketones (excluding diaryl/α,β-unsaturated/α-hetero) is 1. The van der Waals surface area contributed by atoms with Gasteiger partial charge in [0.15, 0.2) is 5.78 Å². The first-order chi connectivity index (χ1) is 8.15. The quantitative estimate of drug-likeness (QED) is 0.722. The number of ether oxygens (including phenoxy) is 1. The fourth-order valence-corrected chi connectivity index (χ4v) is 1.65. The minimum absolute atomic E-state index is 0.0933. The molecule has 0 amide bonds. The van der Waals surface area contributed by atoms with E-state index in [1.807, 2.05) is 37.3 Å². The second-order valence-electron chi connectivity index (χ2n) is 4.62. The summed E-state index contributed by atoms with van der Waals surface area (Å²) in [6.45, 7) is 6.95. The van der Waals surface area contributed by atoms with E-state index in [2.05, 4.69) is 13.8 Å². The lowest BCUT2D eigenvalue weighted by Gasteiger charge is -2.16. The van der Waals surface area contributed by atoms with Crippen LogP contribution in [0.1, 0.15) is 32.8 Å². The van der Waals surface area contributed by atoms with Crippen LogP contribution in [0.3, 0.4) is 0 Å². The van der Waals surface area contributed by atoms with E-state index in [0.717, 1.165) is 12.0 Å². The fourth-order valence-electron chi connectivity index (χ4n) is 1.65. The van der Waals surface area contributed by atoms with E-state index in [4.69, 9.17) is 4.74 Å². The van der Waals surface area contributed by atoms with Crippen LogP contribution < -0.4 is 0 Å². The maximum atomic E-state index is 11.8. The number of benzene rings is 1. The van der Waals surface area contributed by atoms with E-state index in [0.29, 0.717) is 12.5 Å². The normalized spacial score (nSPS) is 14.3. The van der Waals surface area contributed by atoms with E-state index < -0.39 is 0 Å². The molecule has 0 spiro atoms. The summed E-state index contributed by atoms with van der Waals surface area (Å²) in [6.07, 6.45) is 1.03. The van der Waals surface area contributed by atoms with Crippen molar-refractivity contribution in [2.24, 2.45) is 11.8 Å². The Morgan fingerprint density at radius 1 is 1.24 bits per heavy atom. The number of rotatable bonds is 7. The molecular formula is C15H22O2. The van der Waals surface area contributed by atoms with Crippen molar-refractivity contribution in [1.29, 1.82) is 0 Å². The van der Waals surface area contributed by atoms with Gasteiger partial charge in [0, 0.05) is 5.92 Å². The highest BCUT2D eigenvalue weighted by molar-refractivity contribution is 5.82. The van der Waals surface area contributed by atoms with Gasteiger partial charge >= 0.3 is 0 Å². The van der Waals surface area contributed by atoms with Gasteiger partial charge < -0.3 is 4.74 Å². The van der Waals surface area contributed by atoms with Crippen LogP contribution in [-0.4, -0.2) is 12.4 Å². The first-order valence-electron chi connectivity index (χ1n) is 6.29. The van der Waals surface area contributed by atoms with Crippen molar-refractivity contribution in [3.05, 3.63) is 35.9 Å². The summed E-state index contributed by atoms with van der Waals surface area (Å²) in [6, 6.07) is 9.93. The minimum Gasteiger partial charge on any atom is -0.369 e. The van der Waals surface area contributed by atoms with Gasteiger partial charge in [-0.15, -0.1) is 0 Å². The van der Waals surface area contributed by atoms with Crippen LogP contribution in [0.25, 0.3) is 0 Å². The Morgan fingerprint density at radius 2 is 1.88 bits per heavy atom. The molecule has 1 aromatic rings. The van der Waals surface area contributed by atoms with Crippen LogP contribution in [-0.2, 0) is 16.1 Å². The predicted octanol–water partition coefficient (Wildman–Crippen LogP) is 3.45. The Labute approximate surface area is 104 Å². The smallest absolute Gasteiger partial charge is 0.161 e. The van der Waals surface area contributed by atoms with Gasteiger partial charge in [0.05, 0.1) is 6.61 Å². The molecule has 0 bridgehead atoms. The third-order valence-corrected chi connectivity index (χ3v) is 3.36. The lowest BCUT2D eigenvalue weighted by atomic mass is 9.90. The van der Waals surface area contributed by atoms with Crippen LogP contribution >= 0.6 is 0 Å². The molecule has 2 atom stereocenters. The molecular weight excluding hydrogens is 212 g/mol. The van der Waals surface area contributed by atoms with Crippen molar-refractivity contribution >= 4 is 5.78 Å². The molecule has 2 unspecified atom stereocenters. The van der Waals surface area contributed by atoms with Gasteiger partial charge in [0.2, 0.25) is 0 Å². The van der Waals surface area contributed by atoms with Gasteiger partial charge in [-0.1, -0.05) is 57.5 Å². The van der Waals surface area contributed by atoms with Gasteiger partial charge in [-0.2, -0.15) is 0 Å². The van der Waals surface area contributed by atoms with Crippen LogP contribution in [0.15, 0.2) is 30.3 Å². The zero-order valence-electron chi connectivity index (χ0n) is 11.0. The standard InChI is InChI=1S/C15H22O2/c1-4-12(2)13(3)15(16)11-17-10-14-8-6-5-7-9-14/h5-9,12-13H,4,10-11H2,1-3H3. The number of hydrogen-bond acceptors (Lipinski definition) is 2. The highest BCUT2D eigenvalue weighted by Gasteiger charge is 2.18. The maximum Gasteiger partial charge on any atom is 0.161 e. The molecule has 0 N–H and O–H groups in total. The molecule has 0 radical (unpaired) electrons. The number of carbonyl (C=O) groups excluding carboxylic acids is 1. The molecule has 1 aromatic carbocycles. The molecule has 0 saturated heterocycles. The molecule has 0 aliphatic rings. The monoisotopic (exact) mass is 234 g/mol. The molecule has 1 rings (SSSR count). The molecule has 0 aliphatic carbocycles. The summed E-state index contributed by atoms with van der Waals surface area (Å²) in [4.78, 5) is 11.8. The average molecular weight is 234 g/mol. The topological polar surface area (TPSA) is 26.3 Å². The Hall–Kier alpha value is -1.15. The SMILES string of the molecule is CCC(C)C(C)C(=O)COCc1ccccc1. The summed E-state index contributed by atoms with van der Waals surface area (Å²) in [7, 11) is 0. The zero-order valence-corrected chi connectivity index (χ0v) is 11.0. The molecule has 0 saturated carbocycles. The second kappa shape index (κ2) is 7.23. The van der Waals surface area contributed by atoms with E-state index in [-0.39, 0.29) is 18.3 Å². The van der Waals surface area contributed by atoms with E-state index in [9.17, 15) is 4.79 Å². The largest absolute Gasteiger partial charge is 0.369 e. The van der Waals surface area contributed by atoms with Gasteiger partial charge in [-0.3, -0.25) is 4.79 Å². The lowest BCUT2D eigenvalue weighted by Crippen LogP contribution is -2.22. The molecule has 2 nitrogen and oxygen atoms in total. The second-order valence-corrected chi connectivity index (χ2v) is 4.62. The van der Waals surface area contributed by atoms with Gasteiger partial charge in [-0.05, 0) is 11.5 Å². The Kier molecular flexibility index (Phi) is 5.92. The van der Waals surface area contributed by atoms with E-state index in [1.54, 1.807) is 0 Å². The highest BCUT2D eigenvalue weighted by Crippen LogP contribution is 2.15. The van der Waals surface area contributed by atoms with Crippen LogP contribution in [0.5, 0.6) is 0 Å². The Balaban J connectivity index is 2.29. The Bertz CT molecular complexity index is 332. The third kappa shape index (κ3) is 4.70. The Morgan fingerprint density at radius 3 is 2.47 bits per heavy atom. The van der Waals surface area contributed by atoms with Crippen molar-refractivity contribution in [2.75, 3.05) is 6.61 Å². The molecule has 0 fully saturated rings. The predicted molar refractivity (Wildman–Crippen MR) is 69.7 cm³/mol. The van der Waals surface area contributed by atoms with Crippen LogP contribution in [0, 0.1) is 11.8 Å². The number of hydrogen-bond donors (Lipinski definition) is 0. The van der Waals surface area contributed by atoms with Crippen molar-refractivity contribution in [3.8, 4) is 0 Å². The van der Waals surface area contributed by atoms with Crippen molar-refractivity contribution in [3.63, 3.8) is 0 Å². The maximum absolute atomic E-state index is 11.8. The summed E-state index contributed by atoms with van der Waals surface area (Å²) in [5.74, 6) is 0.730. The van der Waals surface area contributed by atoms with E-state index in [1.165, 1.54) is 0 Å². The van der Waals surface area contributed by atoms with Crippen LogP contribution in [0.4, 0.5) is 0 Å². The van der Waals surface area contributed by atoms with Crippen molar-refractivity contribution < 1.29 is 9.53 Å². The van der Waals surface area contributed by atoms with Crippen molar-refractivity contribution in [2.45, 2.75) is 33.8 Å². The summed E-state index contributed by atoms with van der Waals surface area (Å²) in [5.41, 5.74) is 1.11. The molecule has 0 aliphatic heterocycles. The summed E-state index contributed by atoms with van der Waals surface area (Å²) in [5, 5.41) is 0. The third-order valence-electron chi connectivity index (χ3n) is 3.36. The molecule has 17 heavy (non-hydrogen) atoms. The summed E-state index contributed by atoms with van der Waals surface area (Å²) >= 11 is 0. The minimum atomic E-state index is 0.0933. The first kappa shape index (κ1) is 13.9. The number of ketones is 1. The lowest BCUT2D eigenvalue weighted by molar-refractivity contribution is -0.128. The molecule has 0 heterocycles. The van der Waals surface area contributed by atoms with Gasteiger partial charge in [0.25, 0.3) is 0 Å². The molecule has 2 heteroatoms. The van der Waals surface area contributed by atoms with Gasteiger partial charge in [0.1, 0.15) is 6.61 Å². The van der Waals surface area contributed by atoms with Crippen molar-refractivity contribution in [1.82, 2.24) is 0 Å². The number of carbonyl (C=O) groups is 1. The van der Waals surface area contributed by atoms with Crippen LogP contribution in [0.2, 0.25) is 0 Å². The molecule has 94 valence electrons. The summed E-state index contributed by atoms with van der Waals surface area (Å²) < 4.78 is 5.45. The van der Waals surface area contributed by atoms with Gasteiger partial charge in [-0.25, -0.2) is 0 Å². The average Bonchev–Trinajstić information content (AvgIpc) is 2.38. The zero-order chi connectivity index (χ0) is 12.7. The highest BCUT2D eigenvalue weighted by atomic mass is 16.5.